The van der Waals surface area contributed by atoms with E-state index in [1.807, 2.05) is 27.7 Å². The number of hydrogen-bond donors (Lipinski definition) is 1. The van der Waals surface area contributed by atoms with Gasteiger partial charge in [0.15, 0.2) is 0 Å². The smallest absolute Gasteiger partial charge is 0.244 e. The highest BCUT2D eigenvalue weighted by atomic mass is 32.2. The molecule has 0 amide bonds. The fraction of sp³-hybridized carbons (Fsp3) is 0.600. The summed E-state index contributed by atoms with van der Waals surface area (Å²) in [5.74, 6) is 0.686. The van der Waals surface area contributed by atoms with Gasteiger partial charge in [0.2, 0.25) is 10.0 Å². The van der Waals surface area contributed by atoms with Crippen LogP contribution in [-0.2, 0) is 10.0 Å². The van der Waals surface area contributed by atoms with Crippen molar-refractivity contribution in [2.75, 3.05) is 20.2 Å². The highest BCUT2D eigenvalue weighted by Gasteiger charge is 2.37. The third-order valence-electron chi connectivity index (χ3n) is 3.95. The van der Waals surface area contributed by atoms with E-state index in [-0.39, 0.29) is 12.1 Å². The summed E-state index contributed by atoms with van der Waals surface area (Å²) in [5.41, 5.74) is 1.45. The number of nitrogens with one attached hydrogen (secondary N) is 1. The molecule has 1 heterocycles. The lowest BCUT2D eigenvalue weighted by Gasteiger charge is -2.38. The van der Waals surface area contributed by atoms with Gasteiger partial charge in [0, 0.05) is 25.2 Å². The van der Waals surface area contributed by atoms with Crippen LogP contribution in [0.5, 0.6) is 5.75 Å². The standard InChI is InChI=1S/C15H24N2O3S/c1-10-6-14(20-5)7-11(2)15(10)21(18,19)17-12(3)8-16-9-13(17)4/h6-7,12-13,16H,8-9H2,1-5H3. The molecule has 1 aliphatic heterocycles. The van der Waals surface area contributed by atoms with Crippen molar-refractivity contribution in [3.8, 4) is 5.75 Å². The third-order valence-corrected chi connectivity index (χ3v) is 6.39. The van der Waals surface area contributed by atoms with Crippen LogP contribution in [0.4, 0.5) is 0 Å². The number of rotatable bonds is 3. The molecule has 0 bridgehead atoms. The molecule has 0 spiro atoms. The number of ether oxygens (including phenoxy) is 1. The van der Waals surface area contributed by atoms with E-state index in [2.05, 4.69) is 5.32 Å². The van der Waals surface area contributed by atoms with Crippen molar-refractivity contribution in [1.82, 2.24) is 9.62 Å². The zero-order chi connectivity index (χ0) is 15.8. The minimum absolute atomic E-state index is 0.0559. The number of sulfonamides is 1. The average Bonchev–Trinajstić information content (AvgIpc) is 2.36. The molecule has 0 aromatic heterocycles. The maximum absolute atomic E-state index is 13.1. The number of hydrogen-bond acceptors (Lipinski definition) is 4. The highest BCUT2D eigenvalue weighted by molar-refractivity contribution is 7.89. The number of aryl methyl sites for hydroxylation is 2. The van der Waals surface area contributed by atoms with Gasteiger partial charge in [0.05, 0.1) is 12.0 Å². The Kier molecular flexibility index (Phi) is 4.60. The summed E-state index contributed by atoms with van der Waals surface area (Å²) in [5, 5.41) is 3.26. The Hall–Kier alpha value is -1.11. The molecular formula is C15H24N2O3S. The molecule has 1 fully saturated rings. The quantitative estimate of drug-likeness (QED) is 0.922. The first kappa shape index (κ1) is 16.3. The molecule has 1 aliphatic rings. The van der Waals surface area contributed by atoms with Crippen LogP contribution in [-0.4, -0.2) is 45.0 Å². The van der Waals surface area contributed by atoms with Gasteiger partial charge < -0.3 is 10.1 Å². The maximum atomic E-state index is 13.1. The second-order valence-corrected chi connectivity index (χ2v) is 7.56. The Bertz CT molecular complexity index is 595. The van der Waals surface area contributed by atoms with Crippen molar-refractivity contribution in [2.45, 2.75) is 44.7 Å². The minimum Gasteiger partial charge on any atom is -0.497 e. The van der Waals surface area contributed by atoms with Gasteiger partial charge in [-0.05, 0) is 51.0 Å². The first-order chi connectivity index (χ1) is 9.78. The molecule has 118 valence electrons. The normalized spacial score (nSPS) is 24.0. The molecule has 2 rings (SSSR count). The van der Waals surface area contributed by atoms with E-state index >= 15 is 0 Å². The molecule has 21 heavy (non-hydrogen) atoms. The van der Waals surface area contributed by atoms with Gasteiger partial charge >= 0.3 is 0 Å². The van der Waals surface area contributed by atoms with Crippen molar-refractivity contribution in [1.29, 1.82) is 0 Å². The van der Waals surface area contributed by atoms with Gasteiger partial charge in [-0.3, -0.25) is 0 Å². The van der Waals surface area contributed by atoms with Gasteiger partial charge in [0.1, 0.15) is 5.75 Å². The Morgan fingerprint density at radius 1 is 1.14 bits per heavy atom. The van der Waals surface area contributed by atoms with Gasteiger partial charge in [-0.1, -0.05) is 0 Å². The Morgan fingerprint density at radius 3 is 2.05 bits per heavy atom. The van der Waals surface area contributed by atoms with Crippen LogP contribution >= 0.6 is 0 Å². The van der Waals surface area contributed by atoms with Gasteiger partial charge in [-0.25, -0.2) is 8.42 Å². The van der Waals surface area contributed by atoms with Crippen molar-refractivity contribution in [3.63, 3.8) is 0 Å². The summed E-state index contributed by atoms with van der Waals surface area (Å²) in [4.78, 5) is 0.406. The Morgan fingerprint density at radius 2 is 1.62 bits per heavy atom. The zero-order valence-corrected chi connectivity index (χ0v) is 14.1. The van der Waals surface area contributed by atoms with Crippen molar-refractivity contribution < 1.29 is 13.2 Å². The second-order valence-electron chi connectivity index (χ2n) is 5.78. The number of methoxy groups -OCH3 is 1. The van der Waals surface area contributed by atoms with Gasteiger partial charge in [0.25, 0.3) is 0 Å². The number of benzene rings is 1. The monoisotopic (exact) mass is 312 g/mol. The molecule has 0 aliphatic carbocycles. The first-order valence-corrected chi connectivity index (χ1v) is 8.62. The number of nitrogens with zero attached hydrogens (tertiary/aromatic N) is 1. The molecule has 2 atom stereocenters. The summed E-state index contributed by atoms with van der Waals surface area (Å²) in [7, 11) is -1.92. The molecular weight excluding hydrogens is 288 g/mol. The van der Waals surface area contributed by atoms with Crippen LogP contribution < -0.4 is 10.1 Å². The lowest BCUT2D eigenvalue weighted by Crippen LogP contribution is -2.57. The van der Waals surface area contributed by atoms with Crippen molar-refractivity contribution in [3.05, 3.63) is 23.3 Å². The zero-order valence-electron chi connectivity index (χ0n) is 13.3. The van der Waals surface area contributed by atoms with E-state index < -0.39 is 10.0 Å². The minimum atomic E-state index is -3.51. The molecule has 0 radical (unpaired) electrons. The molecule has 1 aromatic rings. The van der Waals surface area contributed by atoms with E-state index in [0.29, 0.717) is 23.7 Å². The molecule has 1 N–H and O–H groups in total. The Labute approximate surface area is 127 Å². The van der Waals surface area contributed by atoms with E-state index in [1.165, 1.54) is 0 Å². The van der Waals surface area contributed by atoms with E-state index in [4.69, 9.17) is 4.74 Å². The molecule has 1 aromatic carbocycles. The first-order valence-electron chi connectivity index (χ1n) is 7.18. The van der Waals surface area contributed by atoms with Crippen LogP contribution in [0.1, 0.15) is 25.0 Å². The molecule has 1 saturated heterocycles. The second kappa shape index (κ2) is 5.94. The summed E-state index contributed by atoms with van der Waals surface area (Å²) in [6, 6.07) is 3.44. The highest BCUT2D eigenvalue weighted by Crippen LogP contribution is 2.30. The van der Waals surface area contributed by atoms with Crippen LogP contribution in [0.15, 0.2) is 17.0 Å². The predicted octanol–water partition coefficient (Wildman–Crippen LogP) is 1.68. The van der Waals surface area contributed by atoms with Crippen LogP contribution in [0.25, 0.3) is 0 Å². The molecule has 0 saturated carbocycles. The SMILES string of the molecule is COc1cc(C)c(S(=O)(=O)N2C(C)CNCC2C)c(C)c1. The summed E-state index contributed by atoms with van der Waals surface area (Å²) in [6.45, 7) is 8.87. The van der Waals surface area contributed by atoms with E-state index in [0.717, 1.165) is 11.1 Å². The lowest BCUT2D eigenvalue weighted by atomic mass is 10.1. The fourth-order valence-corrected chi connectivity index (χ4v) is 5.37. The topological polar surface area (TPSA) is 58.6 Å². The predicted molar refractivity (Wildman–Crippen MR) is 83.3 cm³/mol. The fourth-order valence-electron chi connectivity index (χ4n) is 3.13. The summed E-state index contributed by atoms with van der Waals surface area (Å²) < 4.78 is 33.1. The van der Waals surface area contributed by atoms with Crippen molar-refractivity contribution in [2.24, 2.45) is 0 Å². The van der Waals surface area contributed by atoms with Crippen molar-refractivity contribution >= 4 is 10.0 Å². The summed E-state index contributed by atoms with van der Waals surface area (Å²) >= 11 is 0. The average molecular weight is 312 g/mol. The van der Waals surface area contributed by atoms with Crippen LogP contribution in [0.2, 0.25) is 0 Å². The largest absolute Gasteiger partial charge is 0.497 e. The maximum Gasteiger partial charge on any atom is 0.244 e. The van der Waals surface area contributed by atoms with Gasteiger partial charge in [-0.2, -0.15) is 4.31 Å². The molecule has 6 heteroatoms. The summed E-state index contributed by atoms with van der Waals surface area (Å²) in [6.07, 6.45) is 0. The van der Waals surface area contributed by atoms with E-state index in [1.54, 1.807) is 23.5 Å². The lowest BCUT2D eigenvalue weighted by molar-refractivity contribution is 0.220. The molecule has 2 unspecified atom stereocenters. The van der Waals surface area contributed by atoms with Crippen LogP contribution in [0, 0.1) is 13.8 Å². The number of piperazine rings is 1. The van der Waals surface area contributed by atoms with Gasteiger partial charge in [-0.15, -0.1) is 0 Å². The Balaban J connectivity index is 2.54. The van der Waals surface area contributed by atoms with Crippen LogP contribution in [0.3, 0.4) is 0 Å². The van der Waals surface area contributed by atoms with E-state index in [9.17, 15) is 8.42 Å². The molecule has 5 nitrogen and oxygen atoms in total. The third kappa shape index (κ3) is 2.93.